The van der Waals surface area contributed by atoms with Crippen LogP contribution in [0.1, 0.15) is 11.1 Å². The summed E-state index contributed by atoms with van der Waals surface area (Å²) in [6.45, 7) is 3.93. The van der Waals surface area contributed by atoms with Crippen LogP contribution >= 0.6 is 0 Å². The first kappa shape index (κ1) is 13.2. The van der Waals surface area contributed by atoms with Crippen LogP contribution in [0.3, 0.4) is 0 Å². The standard InChI is InChI=1S/C15H17FN2O/c1-9-7-11(8-10(2)15(9)19-3)18-13-6-4-5-12(16)14(13)17/h4-8,18H,17H2,1-3H3. The number of nitrogens with one attached hydrogen (secondary N) is 1. The molecule has 0 saturated heterocycles. The van der Waals surface area contributed by atoms with Crippen molar-refractivity contribution >= 4 is 17.1 Å². The van der Waals surface area contributed by atoms with Crippen molar-refractivity contribution in [2.24, 2.45) is 0 Å². The van der Waals surface area contributed by atoms with Gasteiger partial charge in [0.2, 0.25) is 0 Å². The van der Waals surface area contributed by atoms with Gasteiger partial charge in [-0.15, -0.1) is 0 Å². The van der Waals surface area contributed by atoms with Crippen LogP contribution in [-0.4, -0.2) is 7.11 Å². The molecule has 0 aliphatic carbocycles. The Morgan fingerprint density at radius 2 is 1.79 bits per heavy atom. The van der Waals surface area contributed by atoms with E-state index in [0.717, 1.165) is 22.6 Å². The molecule has 19 heavy (non-hydrogen) atoms. The fourth-order valence-electron chi connectivity index (χ4n) is 2.15. The van der Waals surface area contributed by atoms with Gasteiger partial charge < -0.3 is 15.8 Å². The number of ether oxygens (including phenoxy) is 1. The maximum absolute atomic E-state index is 13.4. The first-order valence-electron chi connectivity index (χ1n) is 5.99. The van der Waals surface area contributed by atoms with E-state index in [1.165, 1.54) is 6.07 Å². The third kappa shape index (κ3) is 2.62. The number of nitrogens with two attached hydrogens (primary N) is 1. The van der Waals surface area contributed by atoms with Crippen LogP contribution in [0, 0.1) is 19.7 Å². The summed E-state index contributed by atoms with van der Waals surface area (Å²) >= 11 is 0. The van der Waals surface area contributed by atoms with Gasteiger partial charge in [0.1, 0.15) is 11.6 Å². The predicted molar refractivity (Wildman–Crippen MR) is 76.6 cm³/mol. The molecule has 0 spiro atoms. The molecule has 0 aromatic heterocycles. The van der Waals surface area contributed by atoms with Crippen LogP contribution < -0.4 is 15.8 Å². The van der Waals surface area contributed by atoms with Crippen LogP contribution in [0.5, 0.6) is 5.75 Å². The van der Waals surface area contributed by atoms with E-state index < -0.39 is 5.82 Å². The van der Waals surface area contributed by atoms with Gasteiger partial charge in [-0.25, -0.2) is 4.39 Å². The highest BCUT2D eigenvalue weighted by Crippen LogP contribution is 2.30. The Balaban J connectivity index is 2.36. The minimum Gasteiger partial charge on any atom is -0.496 e. The summed E-state index contributed by atoms with van der Waals surface area (Å²) in [5.41, 5.74) is 9.26. The van der Waals surface area contributed by atoms with Gasteiger partial charge in [-0.1, -0.05) is 6.07 Å². The molecule has 0 radical (unpaired) electrons. The SMILES string of the molecule is COc1c(C)cc(Nc2cccc(F)c2N)cc1C. The molecule has 0 amide bonds. The Morgan fingerprint density at radius 3 is 2.37 bits per heavy atom. The number of anilines is 3. The zero-order valence-corrected chi connectivity index (χ0v) is 11.3. The Kier molecular flexibility index (Phi) is 3.60. The molecule has 0 heterocycles. The second-order valence-corrected chi connectivity index (χ2v) is 4.47. The highest BCUT2D eigenvalue weighted by molar-refractivity contribution is 5.74. The number of halogens is 1. The zero-order chi connectivity index (χ0) is 14.0. The molecule has 100 valence electrons. The van der Waals surface area contributed by atoms with Gasteiger partial charge in [-0.05, 0) is 49.2 Å². The van der Waals surface area contributed by atoms with Crippen LogP contribution in [0.15, 0.2) is 30.3 Å². The Bertz CT molecular complexity index is 588. The summed E-state index contributed by atoms with van der Waals surface area (Å²) < 4.78 is 18.7. The van der Waals surface area contributed by atoms with Crippen molar-refractivity contribution in [1.29, 1.82) is 0 Å². The minimum absolute atomic E-state index is 0.119. The van der Waals surface area contributed by atoms with Crippen molar-refractivity contribution in [3.63, 3.8) is 0 Å². The molecule has 4 heteroatoms. The Hall–Kier alpha value is -2.23. The normalized spacial score (nSPS) is 10.3. The third-order valence-electron chi connectivity index (χ3n) is 3.00. The number of nitrogen functional groups attached to an aromatic ring is 1. The lowest BCUT2D eigenvalue weighted by Gasteiger charge is -2.14. The minimum atomic E-state index is -0.424. The van der Waals surface area contributed by atoms with Gasteiger partial charge in [0.25, 0.3) is 0 Å². The summed E-state index contributed by atoms with van der Waals surface area (Å²) in [5.74, 6) is 0.435. The Morgan fingerprint density at radius 1 is 1.16 bits per heavy atom. The fourth-order valence-corrected chi connectivity index (χ4v) is 2.15. The molecule has 3 nitrogen and oxygen atoms in total. The summed E-state index contributed by atoms with van der Waals surface area (Å²) in [6, 6.07) is 8.59. The highest BCUT2D eigenvalue weighted by atomic mass is 19.1. The van der Waals surface area contributed by atoms with Gasteiger partial charge in [0.15, 0.2) is 0 Å². The van der Waals surface area contributed by atoms with E-state index in [4.69, 9.17) is 10.5 Å². The zero-order valence-electron chi connectivity index (χ0n) is 11.3. The molecule has 3 N–H and O–H groups in total. The summed E-state index contributed by atoms with van der Waals surface area (Å²) in [4.78, 5) is 0. The molecule has 0 unspecified atom stereocenters. The van der Waals surface area contributed by atoms with Crippen molar-refractivity contribution < 1.29 is 9.13 Å². The number of hydrogen-bond donors (Lipinski definition) is 2. The van der Waals surface area contributed by atoms with Gasteiger partial charge in [0, 0.05) is 5.69 Å². The largest absolute Gasteiger partial charge is 0.496 e. The van der Waals surface area contributed by atoms with Gasteiger partial charge in [0.05, 0.1) is 18.5 Å². The van der Waals surface area contributed by atoms with E-state index in [2.05, 4.69) is 5.32 Å². The molecular formula is C15H17FN2O. The number of methoxy groups -OCH3 is 1. The molecule has 0 atom stereocenters. The first-order chi connectivity index (χ1) is 9.02. The van der Waals surface area contributed by atoms with E-state index in [-0.39, 0.29) is 5.69 Å². The molecule has 0 saturated carbocycles. The van der Waals surface area contributed by atoms with Crippen LogP contribution in [-0.2, 0) is 0 Å². The smallest absolute Gasteiger partial charge is 0.148 e. The maximum Gasteiger partial charge on any atom is 0.148 e. The Labute approximate surface area is 112 Å². The van der Waals surface area contributed by atoms with E-state index in [1.54, 1.807) is 19.2 Å². The number of aryl methyl sites for hydroxylation is 2. The molecule has 0 aliphatic heterocycles. The summed E-state index contributed by atoms with van der Waals surface area (Å²) in [5, 5.41) is 3.13. The van der Waals surface area contributed by atoms with E-state index in [9.17, 15) is 4.39 Å². The number of hydrogen-bond acceptors (Lipinski definition) is 3. The molecule has 0 fully saturated rings. The first-order valence-corrected chi connectivity index (χ1v) is 5.99. The van der Waals surface area contributed by atoms with Crippen molar-refractivity contribution in [1.82, 2.24) is 0 Å². The molecule has 2 aromatic carbocycles. The van der Waals surface area contributed by atoms with Crippen molar-refractivity contribution in [2.45, 2.75) is 13.8 Å². The lowest BCUT2D eigenvalue weighted by atomic mass is 10.1. The van der Waals surface area contributed by atoms with Gasteiger partial charge in [-0.2, -0.15) is 0 Å². The molecular weight excluding hydrogens is 243 g/mol. The van der Waals surface area contributed by atoms with Gasteiger partial charge >= 0.3 is 0 Å². The average Bonchev–Trinajstić information content (AvgIpc) is 2.35. The topological polar surface area (TPSA) is 47.3 Å². The fraction of sp³-hybridized carbons (Fsp3) is 0.200. The highest BCUT2D eigenvalue weighted by Gasteiger charge is 2.08. The number of benzene rings is 2. The molecule has 2 aromatic rings. The van der Waals surface area contributed by atoms with Crippen LogP contribution in [0.2, 0.25) is 0 Å². The lowest BCUT2D eigenvalue weighted by molar-refractivity contribution is 0.408. The van der Waals surface area contributed by atoms with E-state index >= 15 is 0 Å². The quantitative estimate of drug-likeness (QED) is 0.826. The second-order valence-electron chi connectivity index (χ2n) is 4.47. The summed E-state index contributed by atoms with van der Waals surface area (Å²) in [7, 11) is 1.65. The maximum atomic E-state index is 13.4. The van der Waals surface area contributed by atoms with E-state index in [0.29, 0.717) is 5.69 Å². The average molecular weight is 260 g/mol. The van der Waals surface area contributed by atoms with E-state index in [1.807, 2.05) is 26.0 Å². The van der Waals surface area contributed by atoms with Crippen molar-refractivity contribution in [3.05, 3.63) is 47.3 Å². The second kappa shape index (κ2) is 5.18. The molecule has 0 aliphatic rings. The van der Waals surface area contributed by atoms with Crippen molar-refractivity contribution in [3.8, 4) is 5.75 Å². The van der Waals surface area contributed by atoms with Crippen molar-refractivity contribution in [2.75, 3.05) is 18.2 Å². The predicted octanol–water partition coefficient (Wildman–Crippen LogP) is 3.78. The number of rotatable bonds is 3. The lowest BCUT2D eigenvalue weighted by Crippen LogP contribution is -2.00. The van der Waals surface area contributed by atoms with Crippen LogP contribution in [0.25, 0.3) is 0 Å². The third-order valence-corrected chi connectivity index (χ3v) is 3.00. The number of para-hydroxylation sites is 1. The van der Waals surface area contributed by atoms with Crippen LogP contribution in [0.4, 0.5) is 21.5 Å². The molecule has 0 bridgehead atoms. The van der Waals surface area contributed by atoms with Gasteiger partial charge in [-0.3, -0.25) is 0 Å². The summed E-state index contributed by atoms with van der Waals surface area (Å²) in [6.07, 6.45) is 0. The monoisotopic (exact) mass is 260 g/mol. The molecule has 2 rings (SSSR count).